The quantitative estimate of drug-likeness (QED) is 0.311. The van der Waals surface area contributed by atoms with Gasteiger partial charge in [-0.3, -0.25) is 9.59 Å². The standard InChI is InChI=1S/C32H50O4/c1-20(33)36-25-12-15-29(6)21(28(25,4)5)9-13-30(7)22(29)10-14-31(8)23(30)11-16-32(26(34)35)18-17-27(2,3)19-24(31)32/h9,22-25H,10-19H2,1-8H3,(H,34,35)/t22-,23-,24+,25+,29+,30-,31-,32-/m1/s1. The van der Waals surface area contributed by atoms with E-state index in [1.54, 1.807) is 0 Å². The minimum absolute atomic E-state index is 0.0529. The van der Waals surface area contributed by atoms with Crippen molar-refractivity contribution in [3.63, 3.8) is 0 Å². The molecule has 0 aromatic heterocycles. The topological polar surface area (TPSA) is 63.6 Å². The highest BCUT2D eigenvalue weighted by molar-refractivity contribution is 5.75. The van der Waals surface area contributed by atoms with Gasteiger partial charge in [-0.05, 0) is 104 Å². The Labute approximate surface area is 219 Å². The summed E-state index contributed by atoms with van der Waals surface area (Å²) in [6.45, 7) is 18.4. The Morgan fingerprint density at radius 3 is 2.14 bits per heavy atom. The van der Waals surface area contributed by atoms with Crippen LogP contribution in [0.4, 0.5) is 0 Å². The molecule has 5 rings (SSSR count). The highest BCUT2D eigenvalue weighted by atomic mass is 16.5. The van der Waals surface area contributed by atoms with Crippen molar-refractivity contribution in [2.24, 2.45) is 50.2 Å². The van der Waals surface area contributed by atoms with Gasteiger partial charge in [0.15, 0.2) is 0 Å². The van der Waals surface area contributed by atoms with E-state index < -0.39 is 11.4 Å². The summed E-state index contributed by atoms with van der Waals surface area (Å²) in [6.07, 6.45) is 12.7. The maximum Gasteiger partial charge on any atom is 0.309 e. The number of rotatable bonds is 2. The number of ether oxygens (including phenoxy) is 1. The second-order valence-corrected chi connectivity index (χ2v) is 15.7. The van der Waals surface area contributed by atoms with Crippen molar-refractivity contribution in [1.82, 2.24) is 0 Å². The highest BCUT2D eigenvalue weighted by Crippen LogP contribution is 2.75. The Hall–Kier alpha value is -1.32. The van der Waals surface area contributed by atoms with Crippen molar-refractivity contribution in [2.45, 2.75) is 126 Å². The summed E-state index contributed by atoms with van der Waals surface area (Å²) in [5, 5.41) is 10.6. The van der Waals surface area contributed by atoms with Crippen LogP contribution in [0.2, 0.25) is 0 Å². The van der Waals surface area contributed by atoms with Crippen molar-refractivity contribution >= 4 is 11.9 Å². The molecule has 202 valence electrons. The number of carbonyl (C=O) groups excluding carboxylic acids is 1. The van der Waals surface area contributed by atoms with E-state index in [-0.39, 0.29) is 45.1 Å². The van der Waals surface area contributed by atoms with Crippen molar-refractivity contribution < 1.29 is 19.4 Å². The van der Waals surface area contributed by atoms with Crippen LogP contribution in [-0.4, -0.2) is 23.1 Å². The molecule has 5 aliphatic carbocycles. The van der Waals surface area contributed by atoms with E-state index in [0.29, 0.717) is 11.8 Å². The molecule has 1 N–H and O–H groups in total. The molecule has 0 bridgehead atoms. The molecule has 0 spiro atoms. The number of carboxylic acids is 1. The molecule has 0 radical (unpaired) electrons. The Balaban J connectivity index is 1.54. The highest BCUT2D eigenvalue weighted by Gasteiger charge is 2.69. The number of carboxylic acid groups (broad SMARTS) is 1. The Morgan fingerprint density at radius 1 is 0.833 bits per heavy atom. The lowest BCUT2D eigenvalue weighted by molar-refractivity contribution is -0.215. The molecule has 36 heavy (non-hydrogen) atoms. The molecule has 0 unspecified atom stereocenters. The van der Waals surface area contributed by atoms with Crippen LogP contribution in [0.5, 0.6) is 0 Å². The molecular weight excluding hydrogens is 448 g/mol. The first-order valence-electron chi connectivity index (χ1n) is 14.6. The van der Waals surface area contributed by atoms with Gasteiger partial charge in [0.2, 0.25) is 0 Å². The maximum atomic E-state index is 12.9. The summed E-state index contributed by atoms with van der Waals surface area (Å²) in [7, 11) is 0. The van der Waals surface area contributed by atoms with Crippen LogP contribution in [0.25, 0.3) is 0 Å². The fourth-order valence-corrected chi connectivity index (χ4v) is 11.3. The molecule has 4 heteroatoms. The summed E-state index contributed by atoms with van der Waals surface area (Å²) in [5.74, 6) is 0.704. The zero-order valence-electron chi connectivity index (χ0n) is 24.1. The van der Waals surface area contributed by atoms with E-state index in [4.69, 9.17) is 4.74 Å². The smallest absolute Gasteiger partial charge is 0.309 e. The molecule has 0 aliphatic heterocycles. The molecule has 4 nitrogen and oxygen atoms in total. The summed E-state index contributed by atoms with van der Waals surface area (Å²) in [4.78, 5) is 24.7. The third-order valence-electron chi connectivity index (χ3n) is 13.0. The zero-order chi connectivity index (χ0) is 26.5. The van der Waals surface area contributed by atoms with Gasteiger partial charge in [-0.25, -0.2) is 0 Å². The molecule has 5 aliphatic rings. The van der Waals surface area contributed by atoms with E-state index in [2.05, 4.69) is 54.5 Å². The summed E-state index contributed by atoms with van der Waals surface area (Å²) >= 11 is 0. The van der Waals surface area contributed by atoms with E-state index in [1.165, 1.54) is 18.9 Å². The van der Waals surface area contributed by atoms with Gasteiger partial charge in [-0.2, -0.15) is 0 Å². The average Bonchev–Trinajstić information content (AvgIpc) is 2.75. The van der Waals surface area contributed by atoms with Gasteiger partial charge in [0.25, 0.3) is 0 Å². The fraction of sp³-hybridized carbons (Fsp3) is 0.875. The number of carbonyl (C=O) groups is 2. The first-order chi connectivity index (χ1) is 16.5. The summed E-state index contributed by atoms with van der Waals surface area (Å²) in [5.41, 5.74) is 1.41. The Morgan fingerprint density at radius 2 is 1.50 bits per heavy atom. The van der Waals surface area contributed by atoms with E-state index in [0.717, 1.165) is 57.8 Å². The third kappa shape index (κ3) is 3.37. The van der Waals surface area contributed by atoms with Gasteiger partial charge in [0.1, 0.15) is 6.10 Å². The largest absolute Gasteiger partial charge is 0.481 e. The second-order valence-electron chi connectivity index (χ2n) is 15.7. The minimum atomic E-state index is -0.534. The van der Waals surface area contributed by atoms with Crippen LogP contribution in [0.1, 0.15) is 120 Å². The molecule has 0 aromatic rings. The Kier molecular flexibility index (Phi) is 5.74. The van der Waals surface area contributed by atoms with Crippen LogP contribution < -0.4 is 0 Å². The van der Waals surface area contributed by atoms with Crippen molar-refractivity contribution in [3.05, 3.63) is 11.6 Å². The molecule has 4 saturated carbocycles. The first-order valence-corrected chi connectivity index (χ1v) is 14.6. The summed E-state index contributed by atoms with van der Waals surface area (Å²) in [6, 6.07) is 0. The minimum Gasteiger partial charge on any atom is -0.481 e. The van der Waals surface area contributed by atoms with Crippen LogP contribution >= 0.6 is 0 Å². The lowest BCUT2D eigenvalue weighted by atomic mass is 9.33. The van der Waals surface area contributed by atoms with Gasteiger partial charge < -0.3 is 9.84 Å². The lowest BCUT2D eigenvalue weighted by Gasteiger charge is -2.70. The molecule has 0 saturated heterocycles. The molecular formula is C32H50O4. The predicted octanol–water partition coefficient (Wildman–Crippen LogP) is 7.80. The van der Waals surface area contributed by atoms with Gasteiger partial charge in [0, 0.05) is 12.3 Å². The maximum absolute atomic E-state index is 12.9. The van der Waals surface area contributed by atoms with Gasteiger partial charge in [-0.1, -0.05) is 60.1 Å². The van der Waals surface area contributed by atoms with Crippen LogP contribution in [0, 0.1) is 50.2 Å². The van der Waals surface area contributed by atoms with Crippen LogP contribution in [0.15, 0.2) is 11.6 Å². The van der Waals surface area contributed by atoms with Gasteiger partial charge in [-0.15, -0.1) is 0 Å². The number of aliphatic carboxylic acids is 1. The van der Waals surface area contributed by atoms with E-state index >= 15 is 0 Å². The number of allylic oxidation sites excluding steroid dienone is 1. The van der Waals surface area contributed by atoms with E-state index in [1.807, 2.05) is 0 Å². The first kappa shape index (κ1) is 26.3. The second kappa shape index (κ2) is 7.85. The zero-order valence-corrected chi connectivity index (χ0v) is 24.1. The fourth-order valence-electron chi connectivity index (χ4n) is 11.3. The lowest BCUT2D eigenvalue weighted by Crippen LogP contribution is -2.65. The van der Waals surface area contributed by atoms with Crippen molar-refractivity contribution in [1.29, 1.82) is 0 Å². The van der Waals surface area contributed by atoms with Gasteiger partial charge >= 0.3 is 11.9 Å². The van der Waals surface area contributed by atoms with Crippen LogP contribution in [-0.2, 0) is 14.3 Å². The molecule has 8 atom stereocenters. The summed E-state index contributed by atoms with van der Waals surface area (Å²) < 4.78 is 5.84. The molecule has 0 aromatic carbocycles. The average molecular weight is 499 g/mol. The SMILES string of the molecule is CC(=O)O[C@H]1CC[C@@]2(C)C(=CC[C@@]3(C)[C@H]4CC[C@@]5(C(=O)O)CCC(C)(C)C[C@H]5[C@]4(C)CC[C@@H]32)C1(C)C. The molecule has 4 fully saturated rings. The predicted molar refractivity (Wildman–Crippen MR) is 142 cm³/mol. The van der Waals surface area contributed by atoms with Crippen molar-refractivity contribution in [2.75, 3.05) is 0 Å². The third-order valence-corrected chi connectivity index (χ3v) is 13.0. The normalized spacial score (nSPS) is 48.8. The monoisotopic (exact) mass is 498 g/mol. The number of hydrogen-bond donors (Lipinski definition) is 1. The number of hydrogen-bond acceptors (Lipinski definition) is 3. The van der Waals surface area contributed by atoms with Gasteiger partial charge in [0.05, 0.1) is 5.41 Å². The molecule has 0 heterocycles. The molecule has 0 amide bonds. The number of fused-ring (bicyclic) bond motifs is 7. The van der Waals surface area contributed by atoms with Crippen LogP contribution in [0.3, 0.4) is 0 Å². The van der Waals surface area contributed by atoms with E-state index in [9.17, 15) is 14.7 Å². The number of esters is 1. The van der Waals surface area contributed by atoms with Crippen molar-refractivity contribution in [3.8, 4) is 0 Å². The Bertz CT molecular complexity index is 992.